The van der Waals surface area contributed by atoms with Gasteiger partial charge in [0.1, 0.15) is 18.3 Å². The number of rotatable bonds is 5. The molecule has 0 bridgehead atoms. The number of benzene rings is 1. The lowest BCUT2D eigenvalue weighted by atomic mass is 10.0. The van der Waals surface area contributed by atoms with Crippen LogP contribution in [0.5, 0.6) is 0 Å². The monoisotopic (exact) mass is 329 g/mol. The Morgan fingerprint density at radius 1 is 1.39 bits per heavy atom. The molecule has 3 rings (SSSR count). The molecule has 2 heterocycles. The van der Waals surface area contributed by atoms with Crippen LogP contribution in [0.15, 0.2) is 53.6 Å². The van der Waals surface area contributed by atoms with Gasteiger partial charge < -0.3 is 9.52 Å². The number of nitrogens with zero attached hydrogens (tertiary/aromatic N) is 2. The molecule has 0 unspecified atom stereocenters. The Labute approximate surface area is 136 Å². The van der Waals surface area contributed by atoms with E-state index in [0.717, 1.165) is 17.2 Å². The van der Waals surface area contributed by atoms with E-state index in [0.29, 0.717) is 17.0 Å². The molecule has 0 radical (unpaired) electrons. The van der Waals surface area contributed by atoms with Crippen molar-refractivity contribution >= 4 is 23.1 Å². The molecule has 0 aliphatic rings. The number of allylic oxidation sites excluding steroid dienone is 1. The first-order chi connectivity index (χ1) is 11.1. The van der Waals surface area contributed by atoms with E-state index < -0.39 is 5.78 Å². The highest BCUT2D eigenvalue weighted by Gasteiger charge is 2.14. The van der Waals surface area contributed by atoms with Gasteiger partial charge in [-0.15, -0.1) is 0 Å². The van der Waals surface area contributed by atoms with Gasteiger partial charge >= 0.3 is 0 Å². The summed E-state index contributed by atoms with van der Waals surface area (Å²) in [6.45, 7) is 0. The van der Waals surface area contributed by atoms with Crippen LogP contribution in [-0.2, 0) is 6.42 Å². The number of aromatic nitrogens is 3. The first kappa shape index (κ1) is 15.1. The van der Waals surface area contributed by atoms with Gasteiger partial charge in [0.05, 0.1) is 11.8 Å². The summed E-state index contributed by atoms with van der Waals surface area (Å²) in [6, 6.07) is 7.39. The highest BCUT2D eigenvalue weighted by atomic mass is 35.5. The van der Waals surface area contributed by atoms with Gasteiger partial charge in [-0.25, -0.2) is 4.98 Å². The maximum atomic E-state index is 11.9. The Kier molecular flexibility index (Phi) is 4.25. The Morgan fingerprint density at radius 2 is 2.26 bits per heavy atom. The summed E-state index contributed by atoms with van der Waals surface area (Å²) in [5, 5.41) is 16.9. The lowest BCUT2D eigenvalue weighted by molar-refractivity contribution is 0.103. The molecule has 0 saturated heterocycles. The maximum Gasteiger partial charge on any atom is 0.226 e. The summed E-state index contributed by atoms with van der Waals surface area (Å²) in [4.78, 5) is 15.6. The zero-order valence-electron chi connectivity index (χ0n) is 11.9. The Bertz CT molecular complexity index is 853. The van der Waals surface area contributed by atoms with E-state index in [2.05, 4.69) is 15.2 Å². The number of carbonyl (C=O) groups is 1. The Morgan fingerprint density at radius 3 is 3.00 bits per heavy atom. The van der Waals surface area contributed by atoms with Crippen LogP contribution < -0.4 is 0 Å². The number of aromatic amines is 1. The molecule has 1 aromatic carbocycles. The van der Waals surface area contributed by atoms with Gasteiger partial charge in [-0.05, 0) is 17.7 Å². The molecule has 23 heavy (non-hydrogen) atoms. The van der Waals surface area contributed by atoms with Gasteiger partial charge in [-0.3, -0.25) is 9.89 Å². The molecule has 2 aromatic heterocycles. The fraction of sp³-hybridized carbons (Fsp3) is 0.0625. The predicted octanol–water partition coefficient (Wildman–Crippen LogP) is 3.42. The molecule has 0 saturated carbocycles. The molecule has 0 amide bonds. The van der Waals surface area contributed by atoms with Gasteiger partial charge in [-0.2, -0.15) is 5.10 Å². The smallest absolute Gasteiger partial charge is 0.226 e. The second kappa shape index (κ2) is 6.50. The van der Waals surface area contributed by atoms with E-state index in [9.17, 15) is 9.90 Å². The van der Waals surface area contributed by atoms with Crippen molar-refractivity contribution in [1.29, 1.82) is 0 Å². The number of hydrogen-bond acceptors (Lipinski definition) is 5. The summed E-state index contributed by atoms with van der Waals surface area (Å²) < 4.78 is 5.16. The Hall–Kier alpha value is -2.86. The van der Waals surface area contributed by atoms with Crippen LogP contribution in [0.2, 0.25) is 5.02 Å². The number of ketones is 1. The summed E-state index contributed by atoms with van der Waals surface area (Å²) in [5.74, 6) is -0.622. The van der Waals surface area contributed by atoms with Gasteiger partial charge in [0.15, 0.2) is 5.82 Å². The van der Waals surface area contributed by atoms with Crippen molar-refractivity contribution in [2.75, 3.05) is 0 Å². The lowest BCUT2D eigenvalue weighted by Gasteiger charge is -2.03. The van der Waals surface area contributed by atoms with Crippen molar-refractivity contribution in [1.82, 2.24) is 15.2 Å². The zero-order chi connectivity index (χ0) is 16.2. The number of aliphatic hydroxyl groups excluding tert-OH is 1. The average Bonchev–Trinajstić information content (AvgIpc) is 3.18. The summed E-state index contributed by atoms with van der Waals surface area (Å²) >= 11 is 5.97. The molecule has 0 fully saturated rings. The van der Waals surface area contributed by atoms with Crippen molar-refractivity contribution in [2.45, 2.75) is 6.42 Å². The molecule has 0 spiro atoms. The second-order valence-electron chi connectivity index (χ2n) is 4.85. The number of H-pyrrole nitrogens is 1. The molecule has 6 nitrogen and oxygen atoms in total. The maximum absolute atomic E-state index is 11.9. The lowest BCUT2D eigenvalue weighted by Crippen LogP contribution is -2.00. The van der Waals surface area contributed by atoms with Crippen molar-refractivity contribution in [3.05, 3.63) is 76.7 Å². The fourth-order valence-corrected chi connectivity index (χ4v) is 2.36. The number of carbonyl (C=O) groups excluding carboxylic acids is 1. The standard InChI is InChI=1S/C16H12ClN3O3/c17-12-3-1-2-10(5-12)4-11-7-23-8-13(11)14(21)6-15(22)16-18-9-19-20-16/h1-3,5-9,21H,4H2,(H,18,19,20). The van der Waals surface area contributed by atoms with E-state index in [1.54, 1.807) is 6.07 Å². The number of aliphatic hydroxyl groups is 1. The summed E-state index contributed by atoms with van der Waals surface area (Å²) in [7, 11) is 0. The Balaban J connectivity index is 1.84. The molecule has 0 atom stereocenters. The van der Waals surface area contributed by atoms with Crippen LogP contribution in [0.25, 0.3) is 5.76 Å². The first-order valence-electron chi connectivity index (χ1n) is 6.73. The predicted molar refractivity (Wildman–Crippen MR) is 84.3 cm³/mol. The third-order valence-electron chi connectivity index (χ3n) is 3.22. The van der Waals surface area contributed by atoms with Crippen LogP contribution in [0, 0.1) is 0 Å². The molecular weight excluding hydrogens is 318 g/mol. The van der Waals surface area contributed by atoms with Gasteiger partial charge in [0.25, 0.3) is 0 Å². The van der Waals surface area contributed by atoms with E-state index in [1.165, 1.54) is 18.9 Å². The largest absolute Gasteiger partial charge is 0.507 e. The van der Waals surface area contributed by atoms with Crippen molar-refractivity contribution < 1.29 is 14.3 Å². The minimum absolute atomic E-state index is 0.0523. The molecule has 7 heteroatoms. The zero-order valence-corrected chi connectivity index (χ0v) is 12.6. The van der Waals surface area contributed by atoms with Gasteiger partial charge in [-0.1, -0.05) is 23.7 Å². The average molecular weight is 330 g/mol. The number of nitrogens with one attached hydrogen (secondary N) is 1. The molecule has 0 aliphatic heterocycles. The van der Waals surface area contributed by atoms with Crippen LogP contribution in [0.4, 0.5) is 0 Å². The molecule has 0 aliphatic carbocycles. The van der Waals surface area contributed by atoms with Crippen LogP contribution in [-0.4, -0.2) is 26.1 Å². The summed E-state index contributed by atoms with van der Waals surface area (Å²) in [6.07, 6.45) is 5.73. The summed E-state index contributed by atoms with van der Waals surface area (Å²) in [5.41, 5.74) is 2.15. The van der Waals surface area contributed by atoms with E-state index in [4.69, 9.17) is 16.0 Å². The number of furan rings is 1. The first-order valence-corrected chi connectivity index (χ1v) is 7.11. The fourth-order valence-electron chi connectivity index (χ4n) is 2.15. The normalized spacial score (nSPS) is 11.6. The quantitative estimate of drug-likeness (QED) is 0.425. The van der Waals surface area contributed by atoms with E-state index >= 15 is 0 Å². The highest BCUT2D eigenvalue weighted by molar-refractivity contribution is 6.30. The van der Waals surface area contributed by atoms with Crippen molar-refractivity contribution in [2.24, 2.45) is 0 Å². The van der Waals surface area contributed by atoms with Crippen molar-refractivity contribution in [3.63, 3.8) is 0 Å². The molecule has 3 aromatic rings. The highest BCUT2D eigenvalue weighted by Crippen LogP contribution is 2.23. The van der Waals surface area contributed by atoms with Gasteiger partial charge in [0, 0.05) is 23.1 Å². The topological polar surface area (TPSA) is 92.0 Å². The van der Waals surface area contributed by atoms with Crippen LogP contribution in [0.3, 0.4) is 0 Å². The SMILES string of the molecule is O=C(C=C(O)c1cocc1Cc1cccc(Cl)c1)c1ncn[nH]1. The van der Waals surface area contributed by atoms with Crippen molar-refractivity contribution in [3.8, 4) is 0 Å². The second-order valence-corrected chi connectivity index (χ2v) is 5.28. The number of hydrogen-bond donors (Lipinski definition) is 2. The number of halogens is 1. The third-order valence-corrected chi connectivity index (χ3v) is 3.45. The molecule has 116 valence electrons. The van der Waals surface area contributed by atoms with E-state index in [1.807, 2.05) is 18.2 Å². The van der Waals surface area contributed by atoms with E-state index in [-0.39, 0.29) is 11.6 Å². The molecule has 2 N–H and O–H groups in total. The minimum Gasteiger partial charge on any atom is -0.507 e. The third kappa shape index (κ3) is 3.49. The van der Waals surface area contributed by atoms with Gasteiger partial charge in [0.2, 0.25) is 5.78 Å². The van der Waals surface area contributed by atoms with Crippen LogP contribution >= 0.6 is 11.6 Å². The van der Waals surface area contributed by atoms with Crippen LogP contribution in [0.1, 0.15) is 27.3 Å². The molecular formula is C16H12ClN3O3. The minimum atomic E-state index is -0.477.